The maximum atomic E-state index is 9.09. The van der Waals surface area contributed by atoms with E-state index in [1.54, 1.807) is 14.2 Å². The van der Waals surface area contributed by atoms with Gasteiger partial charge >= 0.3 is 0 Å². The summed E-state index contributed by atoms with van der Waals surface area (Å²) in [6.07, 6.45) is 2.62. The van der Waals surface area contributed by atoms with Gasteiger partial charge in [0, 0.05) is 20.1 Å². The van der Waals surface area contributed by atoms with E-state index in [1.165, 1.54) is 16.7 Å². The molecule has 0 aromatic carbocycles. The third kappa shape index (κ3) is 3.21. The first-order valence-corrected chi connectivity index (χ1v) is 7.00. The van der Waals surface area contributed by atoms with Gasteiger partial charge in [-0.3, -0.25) is 0 Å². The predicted molar refractivity (Wildman–Crippen MR) is 77.9 cm³/mol. The van der Waals surface area contributed by atoms with Crippen molar-refractivity contribution in [2.45, 2.75) is 52.6 Å². The first kappa shape index (κ1) is 16.3. The Morgan fingerprint density at radius 1 is 1.26 bits per heavy atom. The SMILES string of the molecule is COC1=C(C)CC(CC(C)CCO)(OC)C(C)=C1C. The van der Waals surface area contributed by atoms with Crippen molar-refractivity contribution in [3.8, 4) is 0 Å². The molecule has 0 heterocycles. The average molecular weight is 268 g/mol. The molecule has 2 atom stereocenters. The Bertz CT molecular complexity index is 381. The highest BCUT2D eigenvalue weighted by molar-refractivity contribution is 5.42. The molecule has 0 spiro atoms. The number of hydrogen-bond acceptors (Lipinski definition) is 3. The van der Waals surface area contributed by atoms with Crippen LogP contribution in [0.25, 0.3) is 0 Å². The normalized spacial score (nSPS) is 25.8. The lowest BCUT2D eigenvalue weighted by Gasteiger charge is -2.40. The van der Waals surface area contributed by atoms with Gasteiger partial charge in [-0.2, -0.15) is 0 Å². The first-order valence-electron chi connectivity index (χ1n) is 7.00. The maximum Gasteiger partial charge on any atom is 0.120 e. The van der Waals surface area contributed by atoms with Crippen molar-refractivity contribution >= 4 is 0 Å². The number of rotatable bonds is 6. The standard InChI is InChI=1S/C16H28O3/c1-11(7-8-17)9-16(19-6)10-12(2)15(18-5)13(3)14(16)4/h11,17H,7-10H2,1-6H3. The van der Waals surface area contributed by atoms with Crippen molar-refractivity contribution in [1.82, 2.24) is 0 Å². The van der Waals surface area contributed by atoms with E-state index in [1.807, 2.05) is 0 Å². The molecule has 0 aliphatic heterocycles. The van der Waals surface area contributed by atoms with Crippen LogP contribution in [0, 0.1) is 5.92 Å². The molecule has 1 aliphatic carbocycles. The van der Waals surface area contributed by atoms with Gasteiger partial charge < -0.3 is 14.6 Å². The maximum absolute atomic E-state index is 9.09. The van der Waals surface area contributed by atoms with E-state index < -0.39 is 0 Å². The summed E-state index contributed by atoms with van der Waals surface area (Å²) in [7, 11) is 3.51. The van der Waals surface area contributed by atoms with Crippen LogP contribution in [0.2, 0.25) is 0 Å². The Hall–Kier alpha value is -0.800. The van der Waals surface area contributed by atoms with Gasteiger partial charge in [-0.05, 0) is 56.3 Å². The van der Waals surface area contributed by atoms with Crippen molar-refractivity contribution in [3.05, 3.63) is 22.5 Å². The molecular weight excluding hydrogens is 240 g/mol. The van der Waals surface area contributed by atoms with Crippen molar-refractivity contribution in [1.29, 1.82) is 0 Å². The van der Waals surface area contributed by atoms with Gasteiger partial charge in [0.2, 0.25) is 0 Å². The first-order chi connectivity index (χ1) is 8.91. The summed E-state index contributed by atoms with van der Waals surface area (Å²) in [4.78, 5) is 0. The minimum Gasteiger partial charge on any atom is -0.497 e. The molecule has 0 radical (unpaired) electrons. The number of methoxy groups -OCH3 is 2. The highest BCUT2D eigenvalue weighted by atomic mass is 16.5. The number of aliphatic hydroxyl groups excluding tert-OH is 1. The van der Waals surface area contributed by atoms with Gasteiger partial charge in [0.15, 0.2) is 0 Å². The Morgan fingerprint density at radius 3 is 2.37 bits per heavy atom. The Kier molecular flexibility index (Phi) is 5.63. The lowest BCUT2D eigenvalue weighted by atomic mass is 9.74. The second-order valence-electron chi connectivity index (χ2n) is 5.76. The van der Waals surface area contributed by atoms with Crippen LogP contribution in [-0.2, 0) is 9.47 Å². The summed E-state index contributed by atoms with van der Waals surface area (Å²) < 4.78 is 11.4. The summed E-state index contributed by atoms with van der Waals surface area (Å²) in [5.41, 5.74) is 3.43. The van der Waals surface area contributed by atoms with Gasteiger partial charge in [0.05, 0.1) is 12.7 Å². The van der Waals surface area contributed by atoms with Crippen LogP contribution in [0.15, 0.2) is 22.5 Å². The molecule has 0 saturated carbocycles. The number of aliphatic hydroxyl groups is 1. The van der Waals surface area contributed by atoms with E-state index in [0.29, 0.717) is 5.92 Å². The van der Waals surface area contributed by atoms with Crippen LogP contribution < -0.4 is 0 Å². The lowest BCUT2D eigenvalue weighted by molar-refractivity contribution is -0.00301. The molecule has 1 rings (SSSR count). The largest absolute Gasteiger partial charge is 0.497 e. The number of ether oxygens (including phenoxy) is 2. The Labute approximate surface area is 117 Å². The van der Waals surface area contributed by atoms with Gasteiger partial charge in [0.25, 0.3) is 0 Å². The molecule has 0 fully saturated rings. The van der Waals surface area contributed by atoms with Crippen LogP contribution in [0.5, 0.6) is 0 Å². The summed E-state index contributed by atoms with van der Waals surface area (Å²) in [5.74, 6) is 1.43. The Balaban J connectivity index is 3.07. The minimum absolute atomic E-state index is 0.237. The van der Waals surface area contributed by atoms with Crippen molar-refractivity contribution in [2.75, 3.05) is 20.8 Å². The quantitative estimate of drug-likeness (QED) is 0.802. The highest BCUT2D eigenvalue weighted by Gasteiger charge is 2.39. The van der Waals surface area contributed by atoms with E-state index in [2.05, 4.69) is 27.7 Å². The minimum atomic E-state index is -0.245. The van der Waals surface area contributed by atoms with Gasteiger partial charge in [-0.1, -0.05) is 6.92 Å². The number of hydrogen-bond donors (Lipinski definition) is 1. The molecule has 0 aromatic heterocycles. The highest BCUT2D eigenvalue weighted by Crippen LogP contribution is 2.43. The van der Waals surface area contributed by atoms with Crippen LogP contribution in [0.1, 0.15) is 47.0 Å². The Morgan fingerprint density at radius 2 is 1.89 bits per heavy atom. The van der Waals surface area contributed by atoms with Crippen LogP contribution in [-0.4, -0.2) is 31.5 Å². The second kappa shape index (κ2) is 6.58. The molecule has 3 nitrogen and oxygen atoms in total. The zero-order chi connectivity index (χ0) is 14.6. The lowest BCUT2D eigenvalue weighted by Crippen LogP contribution is -2.38. The topological polar surface area (TPSA) is 38.7 Å². The fourth-order valence-electron chi connectivity index (χ4n) is 3.22. The van der Waals surface area contributed by atoms with Crippen LogP contribution in [0.3, 0.4) is 0 Å². The van der Waals surface area contributed by atoms with Crippen LogP contribution in [0.4, 0.5) is 0 Å². The predicted octanol–water partition coefficient (Wildman–Crippen LogP) is 3.44. The van der Waals surface area contributed by atoms with E-state index in [4.69, 9.17) is 14.6 Å². The van der Waals surface area contributed by atoms with Crippen molar-refractivity contribution in [2.24, 2.45) is 5.92 Å². The molecule has 0 aromatic rings. The average Bonchev–Trinajstić information content (AvgIpc) is 2.36. The van der Waals surface area contributed by atoms with Gasteiger partial charge in [-0.25, -0.2) is 0 Å². The monoisotopic (exact) mass is 268 g/mol. The molecule has 0 saturated heterocycles. The van der Waals surface area contributed by atoms with E-state index in [-0.39, 0.29) is 12.2 Å². The smallest absolute Gasteiger partial charge is 0.120 e. The summed E-state index contributed by atoms with van der Waals surface area (Å²) in [6.45, 7) is 8.75. The molecule has 110 valence electrons. The van der Waals surface area contributed by atoms with Gasteiger partial charge in [0.1, 0.15) is 5.76 Å². The van der Waals surface area contributed by atoms with Crippen LogP contribution >= 0.6 is 0 Å². The number of allylic oxidation sites excluding steroid dienone is 1. The zero-order valence-corrected chi connectivity index (χ0v) is 13.2. The molecule has 1 N–H and O–H groups in total. The molecular formula is C16H28O3. The van der Waals surface area contributed by atoms with E-state index >= 15 is 0 Å². The second-order valence-corrected chi connectivity index (χ2v) is 5.76. The van der Waals surface area contributed by atoms with E-state index in [9.17, 15) is 0 Å². The summed E-state index contributed by atoms with van der Waals surface area (Å²) in [5, 5.41) is 9.09. The molecule has 1 aliphatic rings. The van der Waals surface area contributed by atoms with E-state index in [0.717, 1.165) is 25.0 Å². The van der Waals surface area contributed by atoms with Gasteiger partial charge in [-0.15, -0.1) is 0 Å². The fraction of sp³-hybridized carbons (Fsp3) is 0.750. The summed E-state index contributed by atoms with van der Waals surface area (Å²) in [6, 6.07) is 0. The van der Waals surface area contributed by atoms with Crippen molar-refractivity contribution in [3.63, 3.8) is 0 Å². The molecule has 19 heavy (non-hydrogen) atoms. The fourth-order valence-corrected chi connectivity index (χ4v) is 3.22. The molecule has 0 bridgehead atoms. The third-order valence-electron chi connectivity index (χ3n) is 4.42. The third-order valence-corrected chi connectivity index (χ3v) is 4.42. The summed E-state index contributed by atoms with van der Waals surface area (Å²) >= 11 is 0. The molecule has 3 heteroatoms. The zero-order valence-electron chi connectivity index (χ0n) is 13.2. The molecule has 2 unspecified atom stereocenters. The van der Waals surface area contributed by atoms with Crippen molar-refractivity contribution < 1.29 is 14.6 Å². The molecule has 0 amide bonds.